The predicted octanol–water partition coefficient (Wildman–Crippen LogP) is 2.83. The van der Waals surface area contributed by atoms with Crippen LogP contribution in [-0.2, 0) is 6.54 Å². The first-order chi connectivity index (χ1) is 8.54. The molecule has 0 spiro atoms. The van der Waals surface area contributed by atoms with Crippen molar-refractivity contribution in [2.75, 3.05) is 7.05 Å². The molecule has 2 aromatic rings. The molecule has 0 fully saturated rings. The molecule has 3 heteroatoms. The van der Waals surface area contributed by atoms with Gasteiger partial charge in [0.1, 0.15) is 0 Å². The van der Waals surface area contributed by atoms with Crippen molar-refractivity contribution >= 4 is 0 Å². The summed E-state index contributed by atoms with van der Waals surface area (Å²) in [6.45, 7) is 9.41. The van der Waals surface area contributed by atoms with Crippen LogP contribution in [0.2, 0.25) is 0 Å². The molecule has 0 bridgehead atoms. The van der Waals surface area contributed by atoms with Crippen LogP contribution < -0.4 is 5.32 Å². The van der Waals surface area contributed by atoms with Crippen LogP contribution in [-0.4, -0.2) is 16.8 Å². The largest absolute Gasteiger partial charge is 0.316 e. The lowest BCUT2D eigenvalue weighted by atomic mass is 10.0. The van der Waals surface area contributed by atoms with Gasteiger partial charge in [-0.15, -0.1) is 0 Å². The van der Waals surface area contributed by atoms with Gasteiger partial charge in [0, 0.05) is 17.8 Å². The van der Waals surface area contributed by atoms with Crippen molar-refractivity contribution in [1.29, 1.82) is 0 Å². The van der Waals surface area contributed by atoms with Crippen LogP contribution in [0, 0.1) is 27.7 Å². The Morgan fingerprint density at radius 1 is 1.11 bits per heavy atom. The Balaban J connectivity index is 2.56. The van der Waals surface area contributed by atoms with Crippen molar-refractivity contribution in [3.05, 3.63) is 46.3 Å². The number of benzene rings is 1. The molecular weight excluding hydrogens is 222 g/mol. The summed E-state index contributed by atoms with van der Waals surface area (Å²) >= 11 is 0. The first kappa shape index (κ1) is 12.8. The number of aryl methyl sites for hydroxylation is 3. The maximum absolute atomic E-state index is 4.53. The van der Waals surface area contributed by atoms with Crippen molar-refractivity contribution < 1.29 is 0 Å². The molecule has 0 amide bonds. The first-order valence-electron chi connectivity index (χ1n) is 6.31. The van der Waals surface area contributed by atoms with Crippen LogP contribution in [0.3, 0.4) is 0 Å². The molecule has 1 N–H and O–H groups in total. The van der Waals surface area contributed by atoms with Crippen molar-refractivity contribution in [2.24, 2.45) is 0 Å². The molecule has 0 radical (unpaired) electrons. The molecule has 3 nitrogen and oxygen atoms in total. The average Bonchev–Trinajstić information content (AvgIpc) is 2.61. The average molecular weight is 243 g/mol. The number of aromatic nitrogens is 2. The Bertz CT molecular complexity index is 544. The van der Waals surface area contributed by atoms with E-state index < -0.39 is 0 Å². The Hall–Kier alpha value is -1.61. The summed E-state index contributed by atoms with van der Waals surface area (Å²) in [5.41, 5.74) is 7.51. The van der Waals surface area contributed by atoms with E-state index in [1.807, 2.05) is 13.2 Å². The summed E-state index contributed by atoms with van der Waals surface area (Å²) in [6.07, 6.45) is 1.95. The summed E-state index contributed by atoms with van der Waals surface area (Å²) in [5, 5.41) is 7.71. The summed E-state index contributed by atoms with van der Waals surface area (Å²) in [6, 6.07) is 4.42. The van der Waals surface area contributed by atoms with Crippen molar-refractivity contribution in [1.82, 2.24) is 15.1 Å². The number of rotatable bonds is 3. The number of hydrogen-bond acceptors (Lipinski definition) is 2. The molecule has 2 rings (SSSR count). The Morgan fingerprint density at radius 2 is 1.72 bits per heavy atom. The molecule has 0 unspecified atom stereocenters. The van der Waals surface area contributed by atoms with E-state index >= 15 is 0 Å². The summed E-state index contributed by atoms with van der Waals surface area (Å²) in [5.74, 6) is 0. The monoisotopic (exact) mass is 243 g/mol. The standard InChI is InChI=1S/C15H21N3/c1-10-6-11(2)15(12(3)7-10)18-13(4)14(8-16-5)9-17-18/h6-7,9,16H,8H2,1-5H3. The molecule has 0 atom stereocenters. The molecule has 1 aromatic carbocycles. The van der Waals surface area contributed by atoms with E-state index in [0.29, 0.717) is 0 Å². The highest BCUT2D eigenvalue weighted by atomic mass is 15.3. The molecule has 0 aliphatic rings. The zero-order chi connectivity index (χ0) is 13.3. The van der Waals surface area contributed by atoms with E-state index in [1.165, 1.54) is 33.6 Å². The molecule has 0 aliphatic carbocycles. The van der Waals surface area contributed by atoms with Crippen LogP contribution in [0.15, 0.2) is 18.3 Å². The zero-order valence-corrected chi connectivity index (χ0v) is 11.8. The van der Waals surface area contributed by atoms with E-state index in [2.05, 4.69) is 54.9 Å². The van der Waals surface area contributed by atoms with Gasteiger partial charge in [0.15, 0.2) is 0 Å². The number of nitrogens with one attached hydrogen (secondary N) is 1. The van der Waals surface area contributed by atoms with Crippen LogP contribution in [0.25, 0.3) is 5.69 Å². The molecule has 1 heterocycles. The van der Waals surface area contributed by atoms with E-state index in [-0.39, 0.29) is 0 Å². The van der Waals surface area contributed by atoms with Gasteiger partial charge in [-0.1, -0.05) is 17.7 Å². The molecule has 0 aliphatic heterocycles. The fourth-order valence-corrected chi connectivity index (χ4v) is 2.54. The first-order valence-corrected chi connectivity index (χ1v) is 6.31. The predicted molar refractivity (Wildman–Crippen MR) is 75.3 cm³/mol. The zero-order valence-electron chi connectivity index (χ0n) is 11.8. The van der Waals surface area contributed by atoms with Gasteiger partial charge in [0.05, 0.1) is 11.9 Å². The molecule has 0 saturated carbocycles. The molecule has 1 aromatic heterocycles. The maximum atomic E-state index is 4.53. The summed E-state index contributed by atoms with van der Waals surface area (Å²) in [7, 11) is 1.96. The number of nitrogens with zero attached hydrogens (tertiary/aromatic N) is 2. The normalized spacial score (nSPS) is 10.9. The fraction of sp³-hybridized carbons (Fsp3) is 0.400. The smallest absolute Gasteiger partial charge is 0.0707 e. The van der Waals surface area contributed by atoms with Gasteiger partial charge in [0.25, 0.3) is 0 Å². The maximum Gasteiger partial charge on any atom is 0.0707 e. The van der Waals surface area contributed by atoms with Gasteiger partial charge in [0.2, 0.25) is 0 Å². The fourth-order valence-electron chi connectivity index (χ4n) is 2.54. The Morgan fingerprint density at radius 3 is 2.28 bits per heavy atom. The minimum Gasteiger partial charge on any atom is -0.316 e. The van der Waals surface area contributed by atoms with Gasteiger partial charge in [-0.05, 0) is 45.9 Å². The lowest BCUT2D eigenvalue weighted by Crippen LogP contribution is -2.08. The topological polar surface area (TPSA) is 29.9 Å². The van der Waals surface area contributed by atoms with Crippen LogP contribution >= 0.6 is 0 Å². The molecule has 0 saturated heterocycles. The SMILES string of the molecule is CNCc1cnn(-c2c(C)cc(C)cc2C)c1C. The molecular formula is C15H21N3. The second-order valence-electron chi connectivity index (χ2n) is 4.94. The number of hydrogen-bond donors (Lipinski definition) is 1. The lowest BCUT2D eigenvalue weighted by molar-refractivity contribution is 0.798. The third-order valence-corrected chi connectivity index (χ3v) is 3.33. The van der Waals surface area contributed by atoms with Crippen molar-refractivity contribution in [3.63, 3.8) is 0 Å². The highest BCUT2D eigenvalue weighted by molar-refractivity contribution is 5.50. The van der Waals surface area contributed by atoms with Crippen LogP contribution in [0.4, 0.5) is 0 Å². The van der Waals surface area contributed by atoms with Crippen molar-refractivity contribution in [3.8, 4) is 5.69 Å². The quantitative estimate of drug-likeness (QED) is 0.898. The lowest BCUT2D eigenvalue weighted by Gasteiger charge is -2.13. The van der Waals surface area contributed by atoms with Gasteiger partial charge in [-0.25, -0.2) is 4.68 Å². The highest BCUT2D eigenvalue weighted by Gasteiger charge is 2.12. The van der Waals surface area contributed by atoms with E-state index in [4.69, 9.17) is 0 Å². The van der Waals surface area contributed by atoms with Gasteiger partial charge < -0.3 is 5.32 Å². The van der Waals surface area contributed by atoms with E-state index in [9.17, 15) is 0 Å². The second kappa shape index (κ2) is 4.94. The minimum atomic E-state index is 0.857. The summed E-state index contributed by atoms with van der Waals surface area (Å²) in [4.78, 5) is 0. The third-order valence-electron chi connectivity index (χ3n) is 3.33. The second-order valence-corrected chi connectivity index (χ2v) is 4.94. The Kier molecular flexibility index (Phi) is 3.53. The van der Waals surface area contributed by atoms with Crippen molar-refractivity contribution in [2.45, 2.75) is 34.2 Å². The van der Waals surface area contributed by atoms with Gasteiger partial charge in [-0.3, -0.25) is 0 Å². The molecule has 18 heavy (non-hydrogen) atoms. The Labute approximate surface area is 109 Å². The van der Waals surface area contributed by atoms with E-state index in [0.717, 1.165) is 6.54 Å². The third kappa shape index (κ3) is 2.18. The van der Waals surface area contributed by atoms with Gasteiger partial charge in [-0.2, -0.15) is 5.10 Å². The van der Waals surface area contributed by atoms with Crippen LogP contribution in [0.5, 0.6) is 0 Å². The molecule has 96 valence electrons. The summed E-state index contributed by atoms with van der Waals surface area (Å²) < 4.78 is 2.05. The highest BCUT2D eigenvalue weighted by Crippen LogP contribution is 2.22. The van der Waals surface area contributed by atoms with E-state index in [1.54, 1.807) is 0 Å². The van der Waals surface area contributed by atoms with Crippen LogP contribution in [0.1, 0.15) is 27.9 Å². The van der Waals surface area contributed by atoms with Gasteiger partial charge >= 0.3 is 0 Å². The minimum absolute atomic E-state index is 0.857.